The Hall–Kier alpha value is -1.55. The molecule has 0 unspecified atom stereocenters. The van der Waals surface area contributed by atoms with Gasteiger partial charge in [0.2, 0.25) is 0 Å². The molecule has 0 radical (unpaired) electrons. The zero-order valence-electron chi connectivity index (χ0n) is 11.5. The van der Waals surface area contributed by atoms with Gasteiger partial charge in [0.05, 0.1) is 23.9 Å². The third-order valence-electron chi connectivity index (χ3n) is 2.70. The van der Waals surface area contributed by atoms with E-state index in [9.17, 15) is 0 Å². The smallest absolute Gasteiger partial charge is 0.119 e. The van der Waals surface area contributed by atoms with Crippen molar-refractivity contribution in [2.75, 3.05) is 11.9 Å². The first kappa shape index (κ1) is 13.9. The van der Waals surface area contributed by atoms with Crippen molar-refractivity contribution in [1.82, 2.24) is 4.98 Å². The number of rotatable bonds is 7. The maximum absolute atomic E-state index is 5.55. The third-order valence-corrected chi connectivity index (χ3v) is 3.74. The van der Waals surface area contributed by atoms with E-state index in [1.54, 1.807) is 11.3 Å². The van der Waals surface area contributed by atoms with E-state index in [1.165, 1.54) is 5.01 Å². The molecule has 0 fully saturated rings. The van der Waals surface area contributed by atoms with E-state index in [4.69, 9.17) is 4.74 Å². The zero-order valence-corrected chi connectivity index (χ0v) is 12.3. The molecule has 2 rings (SSSR count). The largest absolute Gasteiger partial charge is 0.494 e. The van der Waals surface area contributed by atoms with Crippen molar-refractivity contribution in [3.63, 3.8) is 0 Å². The highest BCUT2D eigenvalue weighted by Crippen LogP contribution is 2.17. The summed E-state index contributed by atoms with van der Waals surface area (Å²) >= 11 is 1.73. The lowest BCUT2D eigenvalue weighted by atomic mass is 10.3. The molecular weight excluding hydrogens is 256 g/mol. The molecule has 0 aliphatic rings. The zero-order chi connectivity index (χ0) is 13.5. The van der Waals surface area contributed by atoms with Gasteiger partial charge in [-0.3, -0.25) is 0 Å². The highest BCUT2D eigenvalue weighted by Gasteiger charge is 2.00. The number of ether oxygens (including phenoxy) is 1. The second-order valence-corrected chi connectivity index (χ2v) is 5.26. The summed E-state index contributed by atoms with van der Waals surface area (Å²) in [4.78, 5) is 4.53. The number of aromatic nitrogens is 1. The lowest BCUT2D eigenvalue weighted by Gasteiger charge is -2.07. The monoisotopic (exact) mass is 276 g/mol. The fraction of sp³-hybridized carbons (Fsp3) is 0.400. The molecule has 0 aliphatic carbocycles. The number of hydrogen-bond acceptors (Lipinski definition) is 4. The van der Waals surface area contributed by atoms with Gasteiger partial charge in [0.25, 0.3) is 0 Å². The van der Waals surface area contributed by atoms with Crippen LogP contribution in [0.4, 0.5) is 5.69 Å². The van der Waals surface area contributed by atoms with Gasteiger partial charge in [-0.25, -0.2) is 4.98 Å². The van der Waals surface area contributed by atoms with E-state index in [0.29, 0.717) is 0 Å². The van der Waals surface area contributed by atoms with E-state index >= 15 is 0 Å². The van der Waals surface area contributed by atoms with Gasteiger partial charge in [0.1, 0.15) is 5.75 Å². The minimum Gasteiger partial charge on any atom is -0.494 e. The Morgan fingerprint density at radius 2 is 2.00 bits per heavy atom. The van der Waals surface area contributed by atoms with Crippen molar-refractivity contribution in [2.45, 2.75) is 33.2 Å². The minimum atomic E-state index is 0.769. The molecule has 0 bridgehead atoms. The second kappa shape index (κ2) is 7.14. The molecule has 3 nitrogen and oxygen atoms in total. The van der Waals surface area contributed by atoms with Crippen LogP contribution in [-0.4, -0.2) is 11.6 Å². The van der Waals surface area contributed by atoms with Crippen molar-refractivity contribution in [3.05, 3.63) is 40.3 Å². The number of thiazole rings is 1. The maximum atomic E-state index is 5.55. The van der Waals surface area contributed by atoms with Gasteiger partial charge in [-0.1, -0.05) is 13.8 Å². The molecule has 0 spiro atoms. The van der Waals surface area contributed by atoms with E-state index in [2.05, 4.69) is 29.5 Å². The fourth-order valence-corrected chi connectivity index (χ4v) is 2.42. The predicted molar refractivity (Wildman–Crippen MR) is 81.0 cm³/mol. The van der Waals surface area contributed by atoms with Crippen LogP contribution in [0, 0.1) is 0 Å². The summed E-state index contributed by atoms with van der Waals surface area (Å²) in [6.07, 6.45) is 2.04. The molecule has 102 valence electrons. The Labute approximate surface area is 118 Å². The fourth-order valence-electron chi connectivity index (χ4n) is 1.67. The van der Waals surface area contributed by atoms with E-state index in [0.717, 1.165) is 43.1 Å². The van der Waals surface area contributed by atoms with Gasteiger partial charge < -0.3 is 10.1 Å². The van der Waals surface area contributed by atoms with E-state index < -0.39 is 0 Å². The lowest BCUT2D eigenvalue weighted by molar-refractivity contribution is 0.317. The van der Waals surface area contributed by atoms with Crippen LogP contribution in [0.25, 0.3) is 0 Å². The first-order valence-electron chi connectivity index (χ1n) is 6.71. The normalized spacial score (nSPS) is 10.4. The van der Waals surface area contributed by atoms with Crippen molar-refractivity contribution < 1.29 is 4.74 Å². The van der Waals surface area contributed by atoms with Crippen LogP contribution >= 0.6 is 11.3 Å². The standard InChI is InChI=1S/C15H20N2OS/c1-3-9-18-14-7-5-12(6-8-14)16-10-13-11-19-15(4-2)17-13/h5-8,11,16H,3-4,9-10H2,1-2H3. The summed E-state index contributed by atoms with van der Waals surface area (Å²) < 4.78 is 5.55. The lowest BCUT2D eigenvalue weighted by Crippen LogP contribution is -2.00. The quantitative estimate of drug-likeness (QED) is 0.826. The Morgan fingerprint density at radius 3 is 2.63 bits per heavy atom. The van der Waals surface area contributed by atoms with Crippen LogP contribution in [0.1, 0.15) is 31.0 Å². The molecule has 1 N–H and O–H groups in total. The van der Waals surface area contributed by atoms with Crippen LogP contribution in [0.2, 0.25) is 0 Å². The van der Waals surface area contributed by atoms with Crippen molar-refractivity contribution in [1.29, 1.82) is 0 Å². The maximum Gasteiger partial charge on any atom is 0.119 e. The first-order chi connectivity index (χ1) is 9.31. The Kier molecular flexibility index (Phi) is 5.21. The number of nitrogens with zero attached hydrogens (tertiary/aromatic N) is 1. The summed E-state index contributed by atoms with van der Waals surface area (Å²) in [6, 6.07) is 8.07. The summed E-state index contributed by atoms with van der Waals surface area (Å²) in [6.45, 7) is 5.77. The molecule has 0 aliphatic heterocycles. The first-order valence-corrected chi connectivity index (χ1v) is 7.59. The number of benzene rings is 1. The van der Waals surface area contributed by atoms with Crippen LogP contribution in [0.3, 0.4) is 0 Å². The average molecular weight is 276 g/mol. The van der Waals surface area contributed by atoms with E-state index in [-0.39, 0.29) is 0 Å². The molecule has 4 heteroatoms. The van der Waals surface area contributed by atoms with Crippen molar-refractivity contribution >= 4 is 17.0 Å². The summed E-state index contributed by atoms with van der Waals surface area (Å²) in [5, 5.41) is 6.68. The van der Waals surface area contributed by atoms with Crippen molar-refractivity contribution in [2.24, 2.45) is 0 Å². The number of hydrogen-bond donors (Lipinski definition) is 1. The molecule has 1 heterocycles. The molecule has 0 amide bonds. The summed E-state index contributed by atoms with van der Waals surface area (Å²) in [7, 11) is 0. The van der Waals surface area contributed by atoms with Crippen LogP contribution < -0.4 is 10.1 Å². The van der Waals surface area contributed by atoms with Gasteiger partial charge in [-0.05, 0) is 37.1 Å². The van der Waals surface area contributed by atoms with Gasteiger partial charge in [-0.2, -0.15) is 0 Å². The van der Waals surface area contributed by atoms with E-state index in [1.807, 2.05) is 24.3 Å². The second-order valence-electron chi connectivity index (χ2n) is 4.31. The van der Waals surface area contributed by atoms with Crippen LogP contribution in [-0.2, 0) is 13.0 Å². The highest BCUT2D eigenvalue weighted by molar-refractivity contribution is 7.09. The highest BCUT2D eigenvalue weighted by atomic mass is 32.1. The molecule has 0 atom stereocenters. The Morgan fingerprint density at radius 1 is 1.21 bits per heavy atom. The van der Waals surface area contributed by atoms with Crippen molar-refractivity contribution in [3.8, 4) is 5.75 Å². The average Bonchev–Trinajstić information content (AvgIpc) is 2.92. The Bertz CT molecular complexity index is 493. The van der Waals surface area contributed by atoms with Gasteiger partial charge in [0.15, 0.2) is 0 Å². The Balaban J connectivity index is 1.85. The molecule has 2 aromatic rings. The van der Waals surface area contributed by atoms with Gasteiger partial charge >= 0.3 is 0 Å². The molecule has 1 aromatic carbocycles. The van der Waals surface area contributed by atoms with Gasteiger partial charge in [-0.15, -0.1) is 11.3 Å². The van der Waals surface area contributed by atoms with Gasteiger partial charge in [0, 0.05) is 11.1 Å². The molecule has 19 heavy (non-hydrogen) atoms. The number of aryl methyl sites for hydroxylation is 1. The topological polar surface area (TPSA) is 34.1 Å². The SMILES string of the molecule is CCCOc1ccc(NCc2csc(CC)n2)cc1. The predicted octanol–water partition coefficient (Wildman–Crippen LogP) is 4.11. The molecular formula is C15H20N2OS. The number of nitrogens with one attached hydrogen (secondary N) is 1. The third kappa shape index (κ3) is 4.24. The summed E-state index contributed by atoms with van der Waals surface area (Å²) in [5.74, 6) is 0.925. The minimum absolute atomic E-state index is 0.769. The molecule has 0 saturated heterocycles. The van der Waals surface area contributed by atoms with Crippen LogP contribution in [0.15, 0.2) is 29.6 Å². The molecule has 1 aromatic heterocycles. The van der Waals surface area contributed by atoms with Crippen LogP contribution in [0.5, 0.6) is 5.75 Å². The number of anilines is 1. The summed E-state index contributed by atoms with van der Waals surface area (Å²) in [5.41, 5.74) is 2.20. The molecule has 0 saturated carbocycles.